The highest BCUT2D eigenvalue weighted by molar-refractivity contribution is 9.10. The molecule has 2 aromatic carbocycles. The number of hydrogen-bond donors (Lipinski definition) is 0. The third-order valence-corrected chi connectivity index (χ3v) is 4.88. The van der Waals surface area contributed by atoms with Crippen molar-refractivity contribution >= 4 is 39.4 Å². The van der Waals surface area contributed by atoms with Crippen LogP contribution in [0.15, 0.2) is 92.2 Å². The second-order valence-electron chi connectivity index (χ2n) is 6.08. The molecule has 0 N–H and O–H groups in total. The van der Waals surface area contributed by atoms with E-state index in [1.807, 2.05) is 48.5 Å². The van der Waals surface area contributed by atoms with Gasteiger partial charge in [-0.25, -0.2) is 0 Å². The molecular weight excluding hydrogens is 440 g/mol. The molecule has 138 valence electrons. The van der Waals surface area contributed by atoms with Crippen molar-refractivity contribution in [3.05, 3.63) is 99.9 Å². The number of halogens is 2. The van der Waals surface area contributed by atoms with Crippen LogP contribution in [0.1, 0.15) is 16.3 Å². The number of benzene rings is 2. The number of allylic oxidation sites excluding steroid dienone is 1. The fraction of sp³-hybridized carbons (Fsp3) is 0. The van der Waals surface area contributed by atoms with Gasteiger partial charge in [0.2, 0.25) is 5.78 Å². The molecule has 5 heteroatoms. The van der Waals surface area contributed by atoms with E-state index in [1.165, 1.54) is 6.08 Å². The second kappa shape index (κ2) is 8.05. The monoisotopic (exact) mass is 452 g/mol. The van der Waals surface area contributed by atoms with Crippen molar-refractivity contribution in [2.75, 3.05) is 0 Å². The Balaban J connectivity index is 1.48. The number of carbonyl (C=O) groups excluding carboxylic acids is 1. The van der Waals surface area contributed by atoms with Gasteiger partial charge in [0.05, 0.1) is 0 Å². The smallest absolute Gasteiger partial charge is 0.221 e. The molecule has 0 fully saturated rings. The summed E-state index contributed by atoms with van der Waals surface area (Å²) in [6, 6.07) is 22.2. The first-order valence-corrected chi connectivity index (χ1v) is 9.69. The van der Waals surface area contributed by atoms with E-state index in [0.29, 0.717) is 16.5 Å². The average Bonchev–Trinajstić information content (AvgIpc) is 3.37. The van der Waals surface area contributed by atoms with Crippen molar-refractivity contribution in [2.24, 2.45) is 0 Å². The Bertz CT molecular complexity index is 1150. The third kappa shape index (κ3) is 4.19. The molecule has 0 atom stereocenters. The van der Waals surface area contributed by atoms with Crippen molar-refractivity contribution < 1.29 is 13.6 Å². The Labute approximate surface area is 175 Å². The zero-order chi connectivity index (χ0) is 19.5. The van der Waals surface area contributed by atoms with Gasteiger partial charge in [0.1, 0.15) is 17.3 Å². The third-order valence-electron chi connectivity index (χ3n) is 4.11. The molecule has 0 spiro atoms. The van der Waals surface area contributed by atoms with E-state index in [2.05, 4.69) is 15.9 Å². The highest BCUT2D eigenvalue weighted by Crippen LogP contribution is 2.26. The molecule has 0 aliphatic heterocycles. The highest BCUT2D eigenvalue weighted by Gasteiger charge is 2.11. The first kappa shape index (κ1) is 18.5. The highest BCUT2D eigenvalue weighted by atomic mass is 79.9. The van der Waals surface area contributed by atoms with Crippen LogP contribution in [-0.2, 0) is 0 Å². The van der Waals surface area contributed by atoms with Gasteiger partial charge in [0.25, 0.3) is 0 Å². The fourth-order valence-corrected chi connectivity index (χ4v) is 3.17. The van der Waals surface area contributed by atoms with Crippen LogP contribution < -0.4 is 0 Å². The van der Waals surface area contributed by atoms with Crippen LogP contribution in [0.2, 0.25) is 5.02 Å². The first-order chi connectivity index (χ1) is 13.6. The van der Waals surface area contributed by atoms with E-state index in [-0.39, 0.29) is 11.5 Å². The van der Waals surface area contributed by atoms with E-state index >= 15 is 0 Å². The minimum absolute atomic E-state index is 0.241. The van der Waals surface area contributed by atoms with Crippen LogP contribution >= 0.6 is 27.5 Å². The van der Waals surface area contributed by atoms with E-state index < -0.39 is 0 Å². The lowest BCUT2D eigenvalue weighted by atomic mass is 10.2. The standard InChI is InChI=1S/C23H14BrClO3/c24-17-6-4-15(5-7-17)21-11-9-19(27-21)8-10-20(26)23-13-12-22(28-23)16-2-1-3-18(25)14-16/h1-14H/b10-8+. The van der Waals surface area contributed by atoms with Crippen LogP contribution in [0.5, 0.6) is 0 Å². The predicted molar refractivity (Wildman–Crippen MR) is 114 cm³/mol. The van der Waals surface area contributed by atoms with Crippen LogP contribution in [0.4, 0.5) is 0 Å². The molecule has 2 heterocycles. The van der Waals surface area contributed by atoms with Crippen molar-refractivity contribution in [1.82, 2.24) is 0 Å². The van der Waals surface area contributed by atoms with Crippen LogP contribution in [0, 0.1) is 0 Å². The quantitative estimate of drug-likeness (QED) is 0.232. The summed E-state index contributed by atoms with van der Waals surface area (Å²) in [5, 5.41) is 0.612. The number of rotatable bonds is 5. The van der Waals surface area contributed by atoms with E-state index in [0.717, 1.165) is 21.4 Å². The number of hydrogen-bond acceptors (Lipinski definition) is 3. The summed E-state index contributed by atoms with van der Waals surface area (Å²) < 4.78 is 12.5. The average molecular weight is 454 g/mol. The van der Waals surface area contributed by atoms with Gasteiger partial charge >= 0.3 is 0 Å². The summed E-state index contributed by atoms with van der Waals surface area (Å²) in [5.41, 5.74) is 1.78. The van der Waals surface area contributed by atoms with E-state index in [9.17, 15) is 4.79 Å². The predicted octanol–water partition coefficient (Wildman–Crippen LogP) is 7.52. The summed E-state index contributed by atoms with van der Waals surface area (Å²) >= 11 is 9.41. The second-order valence-corrected chi connectivity index (χ2v) is 7.43. The lowest BCUT2D eigenvalue weighted by molar-refractivity contribution is 0.102. The molecule has 0 amide bonds. The first-order valence-electron chi connectivity index (χ1n) is 8.52. The Morgan fingerprint density at radius 3 is 2.39 bits per heavy atom. The summed E-state index contributed by atoms with van der Waals surface area (Å²) in [6.45, 7) is 0. The van der Waals surface area contributed by atoms with Gasteiger partial charge in [-0.15, -0.1) is 0 Å². The van der Waals surface area contributed by atoms with Crippen molar-refractivity contribution in [3.8, 4) is 22.6 Å². The van der Waals surface area contributed by atoms with E-state index in [1.54, 1.807) is 30.3 Å². The van der Waals surface area contributed by atoms with Gasteiger partial charge in [0, 0.05) is 20.6 Å². The van der Waals surface area contributed by atoms with Crippen molar-refractivity contribution in [3.63, 3.8) is 0 Å². The van der Waals surface area contributed by atoms with Gasteiger partial charge in [0.15, 0.2) is 5.76 Å². The lowest BCUT2D eigenvalue weighted by Gasteiger charge is -1.97. The molecular formula is C23H14BrClO3. The summed E-state index contributed by atoms with van der Waals surface area (Å²) in [6.07, 6.45) is 3.07. The Hall–Kier alpha value is -2.82. The largest absolute Gasteiger partial charge is 0.457 e. The molecule has 0 aliphatic carbocycles. The van der Waals surface area contributed by atoms with Gasteiger partial charge in [-0.2, -0.15) is 0 Å². The molecule has 0 radical (unpaired) electrons. The number of carbonyl (C=O) groups is 1. The summed E-state index contributed by atoms with van der Waals surface area (Å²) in [4.78, 5) is 12.4. The van der Waals surface area contributed by atoms with Crippen LogP contribution in [-0.4, -0.2) is 5.78 Å². The molecule has 3 nitrogen and oxygen atoms in total. The van der Waals surface area contributed by atoms with Gasteiger partial charge in [-0.05, 0) is 60.7 Å². The lowest BCUT2D eigenvalue weighted by Crippen LogP contribution is -1.90. The number of ketones is 1. The van der Waals surface area contributed by atoms with Crippen molar-refractivity contribution in [1.29, 1.82) is 0 Å². The maximum atomic E-state index is 12.4. The SMILES string of the molecule is O=C(/C=C/c1ccc(-c2ccc(Br)cc2)o1)c1ccc(-c2cccc(Cl)c2)o1. The molecule has 28 heavy (non-hydrogen) atoms. The van der Waals surface area contributed by atoms with E-state index in [4.69, 9.17) is 20.4 Å². The molecule has 0 bridgehead atoms. The van der Waals surface area contributed by atoms with Gasteiger partial charge < -0.3 is 8.83 Å². The maximum absolute atomic E-state index is 12.4. The summed E-state index contributed by atoms with van der Waals surface area (Å²) in [5.74, 6) is 1.93. The molecule has 4 rings (SSSR count). The zero-order valence-electron chi connectivity index (χ0n) is 14.6. The van der Waals surface area contributed by atoms with Crippen molar-refractivity contribution in [2.45, 2.75) is 0 Å². The Morgan fingerprint density at radius 2 is 1.61 bits per heavy atom. The van der Waals surface area contributed by atoms with Gasteiger partial charge in [-0.1, -0.05) is 51.8 Å². The molecule has 0 aliphatic rings. The van der Waals surface area contributed by atoms with Gasteiger partial charge in [-0.3, -0.25) is 4.79 Å². The van der Waals surface area contributed by atoms with Crippen LogP contribution in [0.25, 0.3) is 28.7 Å². The Morgan fingerprint density at radius 1 is 0.857 bits per heavy atom. The molecule has 0 saturated carbocycles. The minimum atomic E-state index is -0.241. The normalized spacial score (nSPS) is 11.2. The zero-order valence-corrected chi connectivity index (χ0v) is 16.9. The van der Waals surface area contributed by atoms with Crippen LogP contribution in [0.3, 0.4) is 0 Å². The molecule has 0 saturated heterocycles. The maximum Gasteiger partial charge on any atom is 0.221 e. The number of furan rings is 2. The molecule has 0 unspecified atom stereocenters. The minimum Gasteiger partial charge on any atom is -0.457 e. The topological polar surface area (TPSA) is 43.4 Å². The summed E-state index contributed by atoms with van der Waals surface area (Å²) in [7, 11) is 0. The fourth-order valence-electron chi connectivity index (χ4n) is 2.72. The molecule has 2 aromatic heterocycles. The Kier molecular flexibility index (Phi) is 5.33. The molecule has 4 aromatic rings.